The van der Waals surface area contributed by atoms with E-state index >= 15 is 0 Å². The Balaban J connectivity index is 1.37. The normalized spacial score (nSPS) is 15.3. The lowest BCUT2D eigenvalue weighted by Crippen LogP contribution is -2.48. The fourth-order valence-electron chi connectivity index (χ4n) is 3.95. The summed E-state index contributed by atoms with van der Waals surface area (Å²) in [5.74, 6) is 0.174. The molecule has 0 saturated carbocycles. The molecule has 1 aliphatic heterocycles. The maximum Gasteiger partial charge on any atom is 0.219 e. The van der Waals surface area contributed by atoms with E-state index in [9.17, 15) is 4.79 Å². The van der Waals surface area contributed by atoms with Gasteiger partial charge in [0.15, 0.2) is 0 Å². The summed E-state index contributed by atoms with van der Waals surface area (Å²) in [4.78, 5) is 24.2. The predicted molar refractivity (Wildman–Crippen MR) is 130 cm³/mol. The van der Waals surface area contributed by atoms with Crippen LogP contribution in [0.1, 0.15) is 23.1 Å². The van der Waals surface area contributed by atoms with E-state index in [2.05, 4.69) is 57.8 Å². The molecule has 1 unspecified atom stereocenters. The highest BCUT2D eigenvalue weighted by molar-refractivity contribution is 8.00. The van der Waals surface area contributed by atoms with Crippen LogP contribution in [0.15, 0.2) is 60.0 Å². The SMILES string of the molecule is CC(=O)N1CCN(c2ccc(SC(CCc3ccc(C)s3)Cn3ccnc3)cc2)CC1. The highest BCUT2D eigenvalue weighted by Gasteiger charge is 2.19. The van der Waals surface area contributed by atoms with Crippen LogP contribution in [-0.2, 0) is 17.8 Å². The summed E-state index contributed by atoms with van der Waals surface area (Å²) in [7, 11) is 0. The van der Waals surface area contributed by atoms with Crippen LogP contribution in [0.2, 0.25) is 0 Å². The van der Waals surface area contributed by atoms with E-state index < -0.39 is 0 Å². The summed E-state index contributed by atoms with van der Waals surface area (Å²) < 4.78 is 2.18. The minimum atomic E-state index is 0.174. The molecule has 1 saturated heterocycles. The maximum atomic E-state index is 11.5. The van der Waals surface area contributed by atoms with Crippen molar-refractivity contribution in [2.45, 2.75) is 43.4 Å². The lowest BCUT2D eigenvalue weighted by Gasteiger charge is -2.35. The third-order valence-electron chi connectivity index (χ3n) is 5.71. The number of nitrogens with zero attached hydrogens (tertiary/aromatic N) is 4. The topological polar surface area (TPSA) is 41.4 Å². The summed E-state index contributed by atoms with van der Waals surface area (Å²) in [6, 6.07) is 13.4. The molecule has 5 nitrogen and oxygen atoms in total. The van der Waals surface area contributed by atoms with Crippen molar-refractivity contribution in [2.75, 3.05) is 31.1 Å². The Labute approximate surface area is 193 Å². The number of hydrogen-bond acceptors (Lipinski definition) is 5. The number of benzene rings is 1. The maximum absolute atomic E-state index is 11.5. The van der Waals surface area contributed by atoms with Gasteiger partial charge in [-0.3, -0.25) is 4.79 Å². The average molecular weight is 455 g/mol. The molecule has 0 N–H and O–H groups in total. The lowest BCUT2D eigenvalue weighted by molar-refractivity contribution is -0.129. The molecule has 1 atom stereocenters. The minimum Gasteiger partial charge on any atom is -0.368 e. The number of anilines is 1. The standard InChI is InChI=1S/C24H30N4OS2/c1-19-3-6-22(30-19)9-10-24(17-26-12-11-25-18-26)31-23-7-4-21(5-8-23)28-15-13-27(14-16-28)20(2)29/h3-8,11-12,18,24H,9-10,13-17H2,1-2H3. The molecule has 4 rings (SSSR count). The van der Waals surface area contributed by atoms with Crippen molar-refractivity contribution in [3.63, 3.8) is 0 Å². The second-order valence-corrected chi connectivity index (χ2v) is 10.8. The second kappa shape index (κ2) is 10.4. The van der Waals surface area contributed by atoms with Gasteiger partial charge in [0, 0.05) is 77.6 Å². The number of carbonyl (C=O) groups excluding carboxylic acids is 1. The fraction of sp³-hybridized carbons (Fsp3) is 0.417. The number of aromatic nitrogens is 2. The van der Waals surface area contributed by atoms with Crippen LogP contribution >= 0.6 is 23.1 Å². The molecule has 31 heavy (non-hydrogen) atoms. The number of amides is 1. The van der Waals surface area contributed by atoms with Gasteiger partial charge in [0.2, 0.25) is 5.91 Å². The van der Waals surface area contributed by atoms with Crippen LogP contribution in [-0.4, -0.2) is 51.8 Å². The molecular weight excluding hydrogens is 424 g/mol. The molecule has 0 spiro atoms. The van der Waals surface area contributed by atoms with Crippen molar-refractivity contribution in [3.8, 4) is 0 Å². The van der Waals surface area contributed by atoms with Crippen LogP contribution in [0.5, 0.6) is 0 Å². The van der Waals surface area contributed by atoms with Gasteiger partial charge in [-0.2, -0.15) is 0 Å². The Kier molecular flexibility index (Phi) is 7.35. The molecule has 1 aliphatic rings. The monoisotopic (exact) mass is 454 g/mol. The van der Waals surface area contributed by atoms with E-state index in [1.807, 2.05) is 46.7 Å². The molecule has 0 radical (unpaired) electrons. The molecule has 2 aromatic heterocycles. The van der Waals surface area contributed by atoms with E-state index in [-0.39, 0.29) is 5.91 Å². The highest BCUT2D eigenvalue weighted by atomic mass is 32.2. The molecule has 7 heteroatoms. The summed E-state index contributed by atoms with van der Waals surface area (Å²) in [6.45, 7) is 8.20. The van der Waals surface area contributed by atoms with Gasteiger partial charge in [0.05, 0.1) is 6.33 Å². The van der Waals surface area contributed by atoms with E-state index in [1.54, 1.807) is 6.92 Å². The van der Waals surface area contributed by atoms with Crippen LogP contribution in [0, 0.1) is 6.92 Å². The van der Waals surface area contributed by atoms with Gasteiger partial charge in [-0.25, -0.2) is 4.98 Å². The molecule has 3 aromatic rings. The van der Waals surface area contributed by atoms with Crippen molar-refractivity contribution in [3.05, 3.63) is 64.9 Å². The van der Waals surface area contributed by atoms with Crippen molar-refractivity contribution >= 4 is 34.7 Å². The van der Waals surface area contributed by atoms with Crippen molar-refractivity contribution < 1.29 is 4.79 Å². The number of aryl methyl sites for hydroxylation is 2. The Bertz CT molecular complexity index is 960. The molecule has 0 bridgehead atoms. The van der Waals surface area contributed by atoms with E-state index in [0.29, 0.717) is 5.25 Å². The molecule has 1 fully saturated rings. The highest BCUT2D eigenvalue weighted by Crippen LogP contribution is 2.30. The van der Waals surface area contributed by atoms with Gasteiger partial charge in [0.25, 0.3) is 0 Å². The number of piperazine rings is 1. The lowest BCUT2D eigenvalue weighted by atomic mass is 10.2. The Morgan fingerprint density at radius 1 is 1.13 bits per heavy atom. The smallest absolute Gasteiger partial charge is 0.219 e. The fourth-order valence-corrected chi connectivity index (χ4v) is 6.01. The first-order valence-corrected chi connectivity index (χ1v) is 12.5. The Morgan fingerprint density at radius 2 is 1.90 bits per heavy atom. The van der Waals surface area contributed by atoms with Gasteiger partial charge < -0.3 is 14.4 Å². The first-order valence-electron chi connectivity index (χ1n) is 10.8. The Hall–Kier alpha value is -2.25. The average Bonchev–Trinajstić information content (AvgIpc) is 3.44. The summed E-state index contributed by atoms with van der Waals surface area (Å²) in [6.07, 6.45) is 8.06. The van der Waals surface area contributed by atoms with Gasteiger partial charge in [-0.05, 0) is 56.2 Å². The van der Waals surface area contributed by atoms with Gasteiger partial charge in [0.1, 0.15) is 0 Å². The van der Waals surface area contributed by atoms with E-state index in [1.165, 1.54) is 20.3 Å². The van der Waals surface area contributed by atoms with Gasteiger partial charge in [-0.1, -0.05) is 0 Å². The summed E-state index contributed by atoms with van der Waals surface area (Å²) in [5, 5.41) is 0.488. The zero-order chi connectivity index (χ0) is 21.6. The quantitative estimate of drug-likeness (QED) is 0.462. The van der Waals surface area contributed by atoms with Crippen molar-refractivity contribution in [2.24, 2.45) is 0 Å². The zero-order valence-corrected chi connectivity index (χ0v) is 19.9. The van der Waals surface area contributed by atoms with Crippen LogP contribution in [0.3, 0.4) is 0 Å². The molecule has 1 amide bonds. The van der Waals surface area contributed by atoms with Crippen LogP contribution in [0.25, 0.3) is 0 Å². The third kappa shape index (κ3) is 6.14. The molecule has 1 aromatic carbocycles. The first kappa shape index (κ1) is 22.0. The van der Waals surface area contributed by atoms with Crippen LogP contribution < -0.4 is 4.90 Å². The number of imidazole rings is 1. The number of thioether (sulfide) groups is 1. The van der Waals surface area contributed by atoms with E-state index in [4.69, 9.17) is 0 Å². The number of rotatable bonds is 8. The predicted octanol–water partition coefficient (Wildman–Crippen LogP) is 4.72. The summed E-state index contributed by atoms with van der Waals surface area (Å²) in [5.41, 5.74) is 1.24. The van der Waals surface area contributed by atoms with Crippen LogP contribution in [0.4, 0.5) is 5.69 Å². The molecule has 3 heterocycles. The molecular formula is C24H30N4OS2. The van der Waals surface area contributed by atoms with E-state index in [0.717, 1.165) is 45.6 Å². The zero-order valence-electron chi connectivity index (χ0n) is 18.2. The number of thiophene rings is 1. The van der Waals surface area contributed by atoms with Crippen molar-refractivity contribution in [1.29, 1.82) is 0 Å². The van der Waals surface area contributed by atoms with Gasteiger partial charge in [-0.15, -0.1) is 23.1 Å². The number of hydrogen-bond donors (Lipinski definition) is 0. The summed E-state index contributed by atoms with van der Waals surface area (Å²) >= 11 is 3.86. The first-order chi connectivity index (χ1) is 15.1. The minimum absolute atomic E-state index is 0.174. The largest absolute Gasteiger partial charge is 0.368 e. The van der Waals surface area contributed by atoms with Gasteiger partial charge >= 0.3 is 0 Å². The molecule has 164 valence electrons. The molecule has 0 aliphatic carbocycles. The second-order valence-electron chi connectivity index (χ2n) is 8.04. The third-order valence-corrected chi connectivity index (χ3v) is 8.03. The Morgan fingerprint density at radius 3 is 2.52 bits per heavy atom. The van der Waals surface area contributed by atoms with Crippen molar-refractivity contribution in [1.82, 2.24) is 14.5 Å². The number of carbonyl (C=O) groups is 1.